The fourth-order valence-electron chi connectivity index (χ4n) is 1.62. The van der Waals surface area contributed by atoms with Crippen molar-refractivity contribution < 1.29 is 22.7 Å². The molecule has 0 aliphatic rings. The van der Waals surface area contributed by atoms with Crippen molar-refractivity contribution in [2.24, 2.45) is 5.73 Å². The SMILES string of the molecule is CCNC(C)(CCCCOC(C)C(F)(F)F)C(N)=O. The number of halogens is 3. The summed E-state index contributed by atoms with van der Waals surface area (Å²) in [6.07, 6.45) is -4.60. The van der Waals surface area contributed by atoms with E-state index >= 15 is 0 Å². The Morgan fingerprint density at radius 2 is 1.95 bits per heavy atom. The molecule has 0 saturated carbocycles. The number of amides is 1. The van der Waals surface area contributed by atoms with Gasteiger partial charge in [0, 0.05) is 6.61 Å². The van der Waals surface area contributed by atoms with E-state index in [1.807, 2.05) is 6.92 Å². The first-order chi connectivity index (χ1) is 8.63. The lowest BCUT2D eigenvalue weighted by molar-refractivity contribution is -0.214. The predicted octanol–water partition coefficient (Wildman–Crippen LogP) is 1.98. The summed E-state index contributed by atoms with van der Waals surface area (Å²) in [5, 5.41) is 2.99. The van der Waals surface area contributed by atoms with Gasteiger partial charge in [-0.05, 0) is 39.7 Å². The summed E-state index contributed by atoms with van der Waals surface area (Å²) in [7, 11) is 0. The van der Waals surface area contributed by atoms with E-state index < -0.39 is 23.7 Å². The average Bonchev–Trinajstić information content (AvgIpc) is 2.27. The van der Waals surface area contributed by atoms with Crippen molar-refractivity contribution >= 4 is 5.91 Å². The van der Waals surface area contributed by atoms with Gasteiger partial charge in [-0.3, -0.25) is 4.79 Å². The molecule has 0 rings (SSSR count). The Bertz CT molecular complexity index is 285. The Kier molecular flexibility index (Phi) is 7.36. The average molecular weight is 284 g/mol. The number of carbonyl (C=O) groups is 1. The monoisotopic (exact) mass is 284 g/mol. The van der Waals surface area contributed by atoms with Crippen LogP contribution in [0.2, 0.25) is 0 Å². The summed E-state index contributed by atoms with van der Waals surface area (Å²) < 4.78 is 41.2. The van der Waals surface area contributed by atoms with Gasteiger partial charge in [0.05, 0.1) is 5.54 Å². The maximum Gasteiger partial charge on any atom is 0.414 e. The van der Waals surface area contributed by atoms with E-state index in [2.05, 4.69) is 10.1 Å². The van der Waals surface area contributed by atoms with Crippen molar-refractivity contribution in [1.82, 2.24) is 5.32 Å². The smallest absolute Gasteiger partial charge is 0.369 e. The van der Waals surface area contributed by atoms with Crippen molar-refractivity contribution in [1.29, 1.82) is 0 Å². The van der Waals surface area contributed by atoms with Crippen molar-refractivity contribution in [2.75, 3.05) is 13.2 Å². The molecule has 0 aliphatic carbocycles. The third-order valence-electron chi connectivity index (χ3n) is 3.01. The topological polar surface area (TPSA) is 64.3 Å². The molecule has 0 aromatic carbocycles. The van der Waals surface area contributed by atoms with Crippen LogP contribution in [-0.4, -0.2) is 36.9 Å². The molecule has 114 valence electrons. The van der Waals surface area contributed by atoms with E-state index in [-0.39, 0.29) is 6.61 Å². The van der Waals surface area contributed by atoms with Crippen molar-refractivity contribution in [2.45, 2.75) is 57.9 Å². The van der Waals surface area contributed by atoms with Crippen LogP contribution in [0.5, 0.6) is 0 Å². The molecule has 0 heterocycles. The molecule has 1 amide bonds. The molecule has 0 radical (unpaired) electrons. The number of carbonyl (C=O) groups excluding carboxylic acids is 1. The quantitative estimate of drug-likeness (QED) is 0.636. The van der Waals surface area contributed by atoms with Crippen LogP contribution in [0, 0.1) is 0 Å². The van der Waals surface area contributed by atoms with Gasteiger partial charge in [-0.2, -0.15) is 13.2 Å². The zero-order valence-electron chi connectivity index (χ0n) is 11.6. The van der Waals surface area contributed by atoms with Crippen LogP contribution < -0.4 is 11.1 Å². The van der Waals surface area contributed by atoms with Crippen LogP contribution in [-0.2, 0) is 9.53 Å². The van der Waals surface area contributed by atoms with E-state index in [0.29, 0.717) is 25.8 Å². The number of primary amides is 1. The van der Waals surface area contributed by atoms with Crippen molar-refractivity contribution in [3.05, 3.63) is 0 Å². The Balaban J connectivity index is 3.94. The number of alkyl halides is 3. The summed E-state index contributed by atoms with van der Waals surface area (Å²) in [4.78, 5) is 11.3. The highest BCUT2D eigenvalue weighted by atomic mass is 19.4. The van der Waals surface area contributed by atoms with Crippen LogP contribution in [0.3, 0.4) is 0 Å². The van der Waals surface area contributed by atoms with E-state index in [1.54, 1.807) is 6.92 Å². The van der Waals surface area contributed by atoms with Crippen LogP contribution in [0.4, 0.5) is 13.2 Å². The highest BCUT2D eigenvalue weighted by molar-refractivity contribution is 5.84. The third-order valence-corrected chi connectivity index (χ3v) is 3.01. The van der Waals surface area contributed by atoms with Gasteiger partial charge in [0.25, 0.3) is 0 Å². The molecular formula is C12H23F3N2O2. The lowest BCUT2D eigenvalue weighted by Gasteiger charge is -2.27. The molecule has 3 N–H and O–H groups in total. The Hall–Kier alpha value is -0.820. The summed E-state index contributed by atoms with van der Waals surface area (Å²) in [6, 6.07) is 0. The number of unbranched alkanes of at least 4 members (excludes halogenated alkanes) is 1. The lowest BCUT2D eigenvalue weighted by atomic mass is 9.94. The van der Waals surface area contributed by atoms with E-state index in [4.69, 9.17) is 5.73 Å². The predicted molar refractivity (Wildman–Crippen MR) is 66.6 cm³/mol. The largest absolute Gasteiger partial charge is 0.414 e. The third kappa shape index (κ3) is 6.77. The molecular weight excluding hydrogens is 261 g/mol. The Morgan fingerprint density at radius 1 is 1.37 bits per heavy atom. The van der Waals surface area contributed by atoms with Gasteiger partial charge in [0.2, 0.25) is 5.91 Å². The molecule has 2 atom stereocenters. The standard InChI is InChI=1S/C12H23F3N2O2/c1-4-17-11(3,10(16)18)7-5-6-8-19-9(2)12(13,14)15/h9,17H,4-8H2,1-3H3,(H2,16,18). The molecule has 0 bridgehead atoms. The van der Waals surface area contributed by atoms with Crippen molar-refractivity contribution in [3.63, 3.8) is 0 Å². The zero-order chi connectivity index (χ0) is 15.1. The number of ether oxygens (including phenoxy) is 1. The summed E-state index contributed by atoms with van der Waals surface area (Å²) in [5.74, 6) is -0.459. The number of nitrogens with two attached hydrogens (primary N) is 1. The molecule has 7 heteroatoms. The molecule has 0 aromatic heterocycles. The Labute approximate surface area is 111 Å². The van der Waals surface area contributed by atoms with Gasteiger partial charge >= 0.3 is 6.18 Å². The van der Waals surface area contributed by atoms with Gasteiger partial charge in [-0.1, -0.05) is 6.92 Å². The highest BCUT2D eigenvalue weighted by Crippen LogP contribution is 2.22. The lowest BCUT2D eigenvalue weighted by Crippen LogP contribution is -2.53. The second kappa shape index (κ2) is 7.69. The summed E-state index contributed by atoms with van der Waals surface area (Å²) >= 11 is 0. The Morgan fingerprint density at radius 3 is 2.37 bits per heavy atom. The fourth-order valence-corrected chi connectivity index (χ4v) is 1.62. The van der Waals surface area contributed by atoms with Gasteiger partial charge in [-0.25, -0.2) is 0 Å². The molecule has 0 fully saturated rings. The second-order valence-corrected chi connectivity index (χ2v) is 4.74. The number of hydrogen-bond acceptors (Lipinski definition) is 3. The van der Waals surface area contributed by atoms with Crippen LogP contribution in [0.15, 0.2) is 0 Å². The molecule has 19 heavy (non-hydrogen) atoms. The normalized spacial score (nSPS) is 16.9. The second-order valence-electron chi connectivity index (χ2n) is 4.74. The number of likely N-dealkylation sites (N-methyl/N-ethyl adjacent to an activating group) is 1. The molecule has 0 aromatic rings. The highest BCUT2D eigenvalue weighted by Gasteiger charge is 2.36. The molecule has 0 spiro atoms. The first kappa shape index (κ1) is 18.2. The molecule has 4 nitrogen and oxygen atoms in total. The van der Waals surface area contributed by atoms with Gasteiger partial charge < -0.3 is 15.8 Å². The van der Waals surface area contributed by atoms with E-state index in [9.17, 15) is 18.0 Å². The van der Waals surface area contributed by atoms with E-state index in [0.717, 1.165) is 6.92 Å². The minimum atomic E-state index is -4.33. The summed E-state index contributed by atoms with van der Waals surface area (Å²) in [6.45, 7) is 5.14. The van der Waals surface area contributed by atoms with Gasteiger partial charge in [0.1, 0.15) is 0 Å². The zero-order valence-corrected chi connectivity index (χ0v) is 11.6. The minimum Gasteiger partial charge on any atom is -0.369 e. The number of rotatable bonds is 9. The van der Waals surface area contributed by atoms with Crippen LogP contribution >= 0.6 is 0 Å². The van der Waals surface area contributed by atoms with E-state index in [1.165, 1.54) is 0 Å². The minimum absolute atomic E-state index is 0.0155. The maximum absolute atomic E-state index is 12.2. The van der Waals surface area contributed by atoms with Gasteiger partial charge in [-0.15, -0.1) is 0 Å². The first-order valence-corrected chi connectivity index (χ1v) is 6.36. The number of nitrogens with one attached hydrogen (secondary N) is 1. The van der Waals surface area contributed by atoms with Crippen molar-refractivity contribution in [3.8, 4) is 0 Å². The first-order valence-electron chi connectivity index (χ1n) is 6.36. The van der Waals surface area contributed by atoms with Crippen LogP contribution in [0.1, 0.15) is 40.0 Å². The fraction of sp³-hybridized carbons (Fsp3) is 0.917. The van der Waals surface area contributed by atoms with Crippen LogP contribution in [0.25, 0.3) is 0 Å². The maximum atomic E-state index is 12.2. The summed E-state index contributed by atoms with van der Waals surface area (Å²) in [5.41, 5.74) is 4.48. The van der Waals surface area contributed by atoms with Gasteiger partial charge in [0.15, 0.2) is 6.10 Å². The molecule has 0 aliphatic heterocycles. The molecule has 2 unspecified atom stereocenters. The molecule has 0 saturated heterocycles. The number of hydrogen-bond donors (Lipinski definition) is 2.